The van der Waals surface area contributed by atoms with Gasteiger partial charge in [-0.05, 0) is 88.1 Å². The van der Waals surface area contributed by atoms with Crippen molar-refractivity contribution >= 4 is 23.0 Å². The van der Waals surface area contributed by atoms with Crippen LogP contribution >= 0.6 is 0 Å². The molecule has 1 amide bonds. The van der Waals surface area contributed by atoms with Gasteiger partial charge in [0.1, 0.15) is 5.60 Å². The van der Waals surface area contributed by atoms with E-state index in [0.29, 0.717) is 42.2 Å². The normalized spacial score (nSPS) is 17.9. The number of amides is 1. The van der Waals surface area contributed by atoms with Gasteiger partial charge in [-0.2, -0.15) is 0 Å². The fourth-order valence-corrected chi connectivity index (χ4v) is 5.72. The number of esters is 1. The highest BCUT2D eigenvalue weighted by Crippen LogP contribution is 2.43. The second-order valence-electron chi connectivity index (χ2n) is 11.8. The van der Waals surface area contributed by atoms with Gasteiger partial charge in [-0.1, -0.05) is 6.92 Å². The lowest BCUT2D eigenvalue weighted by Gasteiger charge is -2.34. The fourth-order valence-electron chi connectivity index (χ4n) is 5.72. The van der Waals surface area contributed by atoms with Crippen molar-refractivity contribution in [3.05, 3.63) is 53.2 Å². The van der Waals surface area contributed by atoms with E-state index in [1.54, 1.807) is 17.2 Å². The number of nitrogens with zero attached hydrogens (tertiary/aromatic N) is 3. The molecule has 208 valence electrons. The Labute approximate surface area is 229 Å². The molecule has 7 nitrogen and oxygen atoms in total. The third-order valence-electron chi connectivity index (χ3n) is 7.73. The van der Waals surface area contributed by atoms with E-state index in [4.69, 9.17) is 9.47 Å². The molecule has 0 N–H and O–H groups in total. The summed E-state index contributed by atoms with van der Waals surface area (Å²) in [6.45, 7) is 9.29. The molecule has 0 bridgehead atoms. The van der Waals surface area contributed by atoms with E-state index in [2.05, 4.69) is 16.5 Å². The van der Waals surface area contributed by atoms with E-state index in [1.807, 2.05) is 39.1 Å². The second kappa shape index (κ2) is 10.6. The molecule has 8 heteroatoms. The number of aromatic nitrogens is 2. The number of ether oxygens (including phenoxy) is 2. The van der Waals surface area contributed by atoms with Crippen molar-refractivity contribution < 1.29 is 23.5 Å². The van der Waals surface area contributed by atoms with Crippen LogP contribution in [0.4, 0.5) is 9.18 Å². The summed E-state index contributed by atoms with van der Waals surface area (Å²) in [5, 5.41) is 0.414. The molecule has 39 heavy (non-hydrogen) atoms. The molecule has 0 spiro atoms. The number of methoxy groups -OCH3 is 1. The highest BCUT2D eigenvalue weighted by Gasteiger charge is 2.35. The van der Waals surface area contributed by atoms with Crippen molar-refractivity contribution in [3.8, 4) is 11.1 Å². The van der Waals surface area contributed by atoms with Crippen LogP contribution in [0.3, 0.4) is 0 Å². The molecular weight excluding hydrogens is 497 g/mol. The second-order valence-corrected chi connectivity index (χ2v) is 11.8. The molecule has 1 saturated heterocycles. The summed E-state index contributed by atoms with van der Waals surface area (Å²) >= 11 is 0. The highest BCUT2D eigenvalue weighted by molar-refractivity contribution is 6.03. The lowest BCUT2D eigenvalue weighted by molar-refractivity contribution is 0.0194. The molecular formula is C31H38FN3O4. The van der Waals surface area contributed by atoms with Gasteiger partial charge in [-0.25, -0.2) is 14.0 Å². The number of fused-ring (bicyclic) bond motifs is 1. The van der Waals surface area contributed by atoms with Crippen LogP contribution in [0.15, 0.2) is 30.6 Å². The number of carbonyl (C=O) groups excluding carboxylic acids is 2. The van der Waals surface area contributed by atoms with Gasteiger partial charge in [-0.3, -0.25) is 4.98 Å². The standard InChI is InChI=1S/C31H38FN3O4/c1-6-20-16-33-12-11-23(20)24-14-22(29(36)38-5)15-25-26(32)27(35(28(24)25)17-19-9-10-19)21-8-7-13-34(18-21)30(37)39-31(2,3)4/h11-12,14-16,19,21H,6-10,13,17-18H2,1-5H3/t21-/m1/s1. The van der Waals surface area contributed by atoms with Gasteiger partial charge >= 0.3 is 12.1 Å². The van der Waals surface area contributed by atoms with Crippen LogP contribution in [-0.2, 0) is 22.4 Å². The smallest absolute Gasteiger partial charge is 0.410 e. The van der Waals surface area contributed by atoms with Crippen LogP contribution < -0.4 is 0 Å². The molecule has 1 aliphatic heterocycles. The summed E-state index contributed by atoms with van der Waals surface area (Å²) in [6, 6.07) is 5.38. The summed E-state index contributed by atoms with van der Waals surface area (Å²) in [4.78, 5) is 31.6. The SMILES string of the molecule is CCc1cnccc1-c1cc(C(=O)OC)cc2c(F)c([C@@H]3CCCN(C(=O)OC(C)(C)C)C3)n(CC3CC3)c12. The minimum Gasteiger partial charge on any atom is -0.465 e. The zero-order valence-corrected chi connectivity index (χ0v) is 23.6. The molecule has 3 aromatic rings. The van der Waals surface area contributed by atoms with Crippen molar-refractivity contribution in [1.82, 2.24) is 14.5 Å². The van der Waals surface area contributed by atoms with Gasteiger partial charge in [0.05, 0.1) is 23.9 Å². The summed E-state index contributed by atoms with van der Waals surface area (Å²) in [7, 11) is 1.34. The number of hydrogen-bond donors (Lipinski definition) is 0. The maximum Gasteiger partial charge on any atom is 0.410 e. The van der Waals surface area contributed by atoms with E-state index in [1.165, 1.54) is 7.11 Å². The van der Waals surface area contributed by atoms with E-state index >= 15 is 4.39 Å². The zero-order chi connectivity index (χ0) is 27.9. The Hall–Kier alpha value is -3.42. The first-order valence-corrected chi connectivity index (χ1v) is 14.0. The van der Waals surface area contributed by atoms with E-state index in [-0.39, 0.29) is 17.8 Å². The minimum atomic E-state index is -0.600. The molecule has 1 saturated carbocycles. The van der Waals surface area contributed by atoms with Gasteiger partial charge in [0.15, 0.2) is 5.82 Å². The number of piperidine rings is 1. The third kappa shape index (κ3) is 5.52. The maximum absolute atomic E-state index is 16.6. The van der Waals surface area contributed by atoms with Crippen LogP contribution in [0.2, 0.25) is 0 Å². The first-order chi connectivity index (χ1) is 18.6. The van der Waals surface area contributed by atoms with E-state index in [9.17, 15) is 9.59 Å². The van der Waals surface area contributed by atoms with Gasteiger partial charge in [0.25, 0.3) is 0 Å². The number of aryl methyl sites for hydroxylation is 1. The van der Waals surface area contributed by atoms with Crippen LogP contribution in [-0.4, -0.2) is 52.3 Å². The summed E-state index contributed by atoms with van der Waals surface area (Å²) in [5.74, 6) is -0.522. The van der Waals surface area contributed by atoms with Crippen LogP contribution in [0.5, 0.6) is 0 Å². The molecule has 0 radical (unpaired) electrons. The third-order valence-corrected chi connectivity index (χ3v) is 7.73. The lowest BCUT2D eigenvalue weighted by atomic mass is 9.94. The predicted octanol–water partition coefficient (Wildman–Crippen LogP) is 6.72. The number of hydrogen-bond acceptors (Lipinski definition) is 5. The Balaban J connectivity index is 1.69. The number of pyridine rings is 1. The van der Waals surface area contributed by atoms with E-state index in [0.717, 1.165) is 54.3 Å². The van der Waals surface area contributed by atoms with Crippen molar-refractivity contribution in [2.75, 3.05) is 20.2 Å². The molecule has 0 unspecified atom stereocenters. The zero-order valence-electron chi connectivity index (χ0n) is 23.6. The molecule has 2 aliphatic rings. The Morgan fingerprint density at radius 3 is 2.59 bits per heavy atom. The Bertz CT molecular complexity index is 1400. The monoisotopic (exact) mass is 535 g/mol. The topological polar surface area (TPSA) is 73.7 Å². The number of halogens is 1. The molecule has 1 aromatic carbocycles. The molecule has 2 aromatic heterocycles. The Morgan fingerprint density at radius 2 is 1.92 bits per heavy atom. The average molecular weight is 536 g/mol. The molecule has 2 fully saturated rings. The quantitative estimate of drug-likeness (QED) is 0.328. The number of rotatable bonds is 6. The van der Waals surface area contributed by atoms with Gasteiger partial charge in [-0.15, -0.1) is 0 Å². The predicted molar refractivity (Wildman–Crippen MR) is 148 cm³/mol. The van der Waals surface area contributed by atoms with Crippen molar-refractivity contribution in [2.24, 2.45) is 5.92 Å². The first kappa shape index (κ1) is 27.2. The van der Waals surface area contributed by atoms with Gasteiger partial charge in [0.2, 0.25) is 0 Å². The van der Waals surface area contributed by atoms with Crippen molar-refractivity contribution in [1.29, 1.82) is 0 Å². The van der Waals surface area contributed by atoms with Gasteiger partial charge in [0, 0.05) is 48.9 Å². The van der Waals surface area contributed by atoms with E-state index < -0.39 is 11.6 Å². The van der Waals surface area contributed by atoms with Crippen LogP contribution in [0.1, 0.15) is 80.9 Å². The van der Waals surface area contributed by atoms with Crippen molar-refractivity contribution in [2.45, 2.75) is 77.9 Å². The van der Waals surface area contributed by atoms with Crippen molar-refractivity contribution in [3.63, 3.8) is 0 Å². The summed E-state index contributed by atoms with van der Waals surface area (Å²) in [6.07, 6.45) is 7.70. The maximum atomic E-state index is 16.6. The Morgan fingerprint density at radius 1 is 1.15 bits per heavy atom. The van der Waals surface area contributed by atoms with Crippen LogP contribution in [0, 0.1) is 11.7 Å². The summed E-state index contributed by atoms with van der Waals surface area (Å²) in [5.41, 5.74) is 3.87. The Kier molecular flexibility index (Phi) is 7.40. The highest BCUT2D eigenvalue weighted by atomic mass is 19.1. The fraction of sp³-hybridized carbons (Fsp3) is 0.516. The number of carbonyl (C=O) groups is 2. The molecule has 5 rings (SSSR count). The average Bonchev–Trinajstić information content (AvgIpc) is 3.70. The molecule has 3 heterocycles. The summed E-state index contributed by atoms with van der Waals surface area (Å²) < 4.78 is 29.5. The number of benzene rings is 1. The molecule has 1 aliphatic carbocycles. The molecule has 1 atom stereocenters. The first-order valence-electron chi connectivity index (χ1n) is 14.0. The number of likely N-dealkylation sites (tertiary alicyclic amines) is 1. The lowest BCUT2D eigenvalue weighted by Crippen LogP contribution is -2.42. The van der Waals surface area contributed by atoms with Gasteiger partial charge < -0.3 is 18.9 Å². The van der Waals surface area contributed by atoms with Crippen LogP contribution in [0.25, 0.3) is 22.0 Å². The largest absolute Gasteiger partial charge is 0.465 e. The minimum absolute atomic E-state index is 0.185.